The molecule has 1 aliphatic carbocycles. The van der Waals surface area contributed by atoms with Gasteiger partial charge in [-0.3, -0.25) is 0 Å². The van der Waals surface area contributed by atoms with Crippen molar-refractivity contribution in [2.75, 3.05) is 26.3 Å². The highest BCUT2D eigenvalue weighted by atomic mass is 32.2. The number of rotatable bonds is 10. The van der Waals surface area contributed by atoms with E-state index in [0.29, 0.717) is 37.2 Å². The van der Waals surface area contributed by atoms with Crippen LogP contribution in [0, 0.1) is 0 Å². The smallest absolute Gasteiger partial charge is 0.240 e. The minimum absolute atomic E-state index is 0.111. The van der Waals surface area contributed by atoms with E-state index in [4.69, 9.17) is 4.74 Å². The first-order valence-electron chi connectivity index (χ1n) is 8.76. The number of sulfonamides is 1. The van der Waals surface area contributed by atoms with Crippen molar-refractivity contribution in [1.29, 1.82) is 0 Å². The monoisotopic (exact) mass is 368 g/mol. The average Bonchev–Trinajstić information content (AvgIpc) is 3.40. The van der Waals surface area contributed by atoms with Gasteiger partial charge < -0.3 is 15.4 Å². The molecule has 7 nitrogen and oxygen atoms in total. The van der Waals surface area contributed by atoms with Crippen LogP contribution in [0.3, 0.4) is 0 Å². The lowest BCUT2D eigenvalue weighted by molar-refractivity contribution is 0.152. The molecule has 1 aliphatic rings. The van der Waals surface area contributed by atoms with Crippen LogP contribution in [0.2, 0.25) is 0 Å². The Balaban J connectivity index is 1.91. The number of hydrogen-bond donors (Lipinski definition) is 3. The van der Waals surface area contributed by atoms with Crippen LogP contribution in [0.4, 0.5) is 0 Å². The summed E-state index contributed by atoms with van der Waals surface area (Å²) in [5, 5.41) is 6.37. The molecule has 2 rings (SSSR count). The average molecular weight is 369 g/mol. The van der Waals surface area contributed by atoms with Gasteiger partial charge in [-0.2, -0.15) is 0 Å². The van der Waals surface area contributed by atoms with Gasteiger partial charge in [0.2, 0.25) is 10.0 Å². The molecule has 8 heteroatoms. The summed E-state index contributed by atoms with van der Waals surface area (Å²) in [5.74, 6) is 0.717. The molecule has 140 valence electrons. The van der Waals surface area contributed by atoms with E-state index in [2.05, 4.69) is 20.3 Å². The Morgan fingerprint density at radius 1 is 1.20 bits per heavy atom. The van der Waals surface area contributed by atoms with Crippen LogP contribution in [0.25, 0.3) is 0 Å². The molecule has 3 N–H and O–H groups in total. The fourth-order valence-corrected chi connectivity index (χ4v) is 3.47. The molecule has 1 saturated carbocycles. The number of hydrogen-bond acceptors (Lipinski definition) is 4. The maximum absolute atomic E-state index is 12.1. The van der Waals surface area contributed by atoms with Crippen molar-refractivity contribution in [2.24, 2.45) is 4.99 Å². The van der Waals surface area contributed by atoms with Crippen molar-refractivity contribution in [3.8, 4) is 0 Å². The third-order valence-electron chi connectivity index (χ3n) is 3.64. The highest BCUT2D eigenvalue weighted by Crippen LogP contribution is 2.22. The molecular weight excluding hydrogens is 340 g/mol. The number of nitrogens with one attached hydrogen (secondary N) is 3. The first kappa shape index (κ1) is 19.7. The standard InChI is InChI=1S/C17H28N4O3S/c1-3-18-17(19-11-12-24-4-2)20-13-14-5-9-16(10-6-14)25(22,23)21-15-7-8-15/h5-6,9-10,15,21H,3-4,7-8,11-13H2,1-2H3,(H2,18,19,20). The van der Waals surface area contributed by atoms with Gasteiger partial charge in [0.1, 0.15) is 0 Å². The topological polar surface area (TPSA) is 91.8 Å². The Kier molecular flexibility index (Phi) is 7.67. The summed E-state index contributed by atoms with van der Waals surface area (Å²) in [4.78, 5) is 4.81. The molecule has 0 bridgehead atoms. The largest absolute Gasteiger partial charge is 0.380 e. The third kappa shape index (κ3) is 7.01. The summed E-state index contributed by atoms with van der Waals surface area (Å²) in [7, 11) is -3.40. The molecule has 0 aliphatic heterocycles. The number of ether oxygens (including phenoxy) is 1. The predicted octanol–water partition coefficient (Wildman–Crippen LogP) is 1.22. The third-order valence-corrected chi connectivity index (χ3v) is 5.18. The normalized spacial score (nSPS) is 15.2. The Morgan fingerprint density at radius 2 is 1.92 bits per heavy atom. The van der Waals surface area contributed by atoms with E-state index in [1.807, 2.05) is 13.8 Å². The first-order valence-corrected chi connectivity index (χ1v) is 10.2. The van der Waals surface area contributed by atoms with Crippen molar-refractivity contribution in [3.63, 3.8) is 0 Å². The Bertz CT molecular complexity index is 655. The van der Waals surface area contributed by atoms with E-state index in [1.54, 1.807) is 24.3 Å². The molecular formula is C17H28N4O3S. The zero-order valence-corrected chi connectivity index (χ0v) is 15.7. The summed E-state index contributed by atoms with van der Waals surface area (Å²) < 4.78 is 32.3. The Morgan fingerprint density at radius 3 is 2.52 bits per heavy atom. The number of benzene rings is 1. The van der Waals surface area contributed by atoms with Crippen LogP contribution < -0.4 is 15.4 Å². The van der Waals surface area contributed by atoms with Gasteiger partial charge in [0.25, 0.3) is 0 Å². The van der Waals surface area contributed by atoms with E-state index < -0.39 is 10.0 Å². The number of aliphatic imine (C=N–C) groups is 1. The molecule has 1 fully saturated rings. The van der Waals surface area contributed by atoms with Crippen molar-refractivity contribution >= 4 is 16.0 Å². The van der Waals surface area contributed by atoms with Gasteiger partial charge in [-0.1, -0.05) is 12.1 Å². The SMILES string of the molecule is CCNC(=NCc1ccc(S(=O)(=O)NC2CC2)cc1)NCCOCC. The van der Waals surface area contributed by atoms with Crippen molar-refractivity contribution < 1.29 is 13.2 Å². The van der Waals surface area contributed by atoms with E-state index in [9.17, 15) is 8.42 Å². The number of nitrogens with zero attached hydrogens (tertiary/aromatic N) is 1. The van der Waals surface area contributed by atoms with E-state index in [1.165, 1.54) is 0 Å². The van der Waals surface area contributed by atoms with Crippen LogP contribution in [0.1, 0.15) is 32.3 Å². The summed E-state index contributed by atoms with van der Waals surface area (Å²) in [6, 6.07) is 6.97. The van der Waals surface area contributed by atoms with Gasteiger partial charge in [0.05, 0.1) is 18.0 Å². The van der Waals surface area contributed by atoms with Gasteiger partial charge in [-0.05, 0) is 44.4 Å². The molecule has 25 heavy (non-hydrogen) atoms. The van der Waals surface area contributed by atoms with Gasteiger partial charge >= 0.3 is 0 Å². The van der Waals surface area contributed by atoms with E-state index >= 15 is 0 Å². The molecule has 0 spiro atoms. The summed E-state index contributed by atoms with van der Waals surface area (Å²) in [6.07, 6.45) is 1.85. The van der Waals surface area contributed by atoms with E-state index in [-0.39, 0.29) is 6.04 Å². The molecule has 0 aromatic heterocycles. The highest BCUT2D eigenvalue weighted by molar-refractivity contribution is 7.89. The molecule has 0 amide bonds. The summed E-state index contributed by atoms with van der Waals surface area (Å²) >= 11 is 0. The molecule has 1 aromatic rings. The van der Waals surface area contributed by atoms with Crippen LogP contribution in [0.15, 0.2) is 34.2 Å². The van der Waals surface area contributed by atoms with Gasteiger partial charge in [0.15, 0.2) is 5.96 Å². The Hall–Kier alpha value is -1.64. The first-order chi connectivity index (χ1) is 12.0. The zero-order chi connectivity index (χ0) is 18.1. The molecule has 0 unspecified atom stereocenters. The quantitative estimate of drug-likeness (QED) is 0.328. The van der Waals surface area contributed by atoms with Crippen LogP contribution >= 0.6 is 0 Å². The van der Waals surface area contributed by atoms with Crippen molar-refractivity contribution in [2.45, 2.75) is 44.2 Å². The number of guanidine groups is 1. The summed E-state index contributed by atoms with van der Waals surface area (Å²) in [5.41, 5.74) is 0.951. The minimum Gasteiger partial charge on any atom is -0.380 e. The lowest BCUT2D eigenvalue weighted by atomic mass is 10.2. The van der Waals surface area contributed by atoms with Gasteiger partial charge in [-0.25, -0.2) is 18.1 Å². The fourth-order valence-electron chi connectivity index (χ4n) is 2.16. The molecule has 0 radical (unpaired) electrons. The fraction of sp³-hybridized carbons (Fsp3) is 0.588. The minimum atomic E-state index is -3.40. The molecule has 0 saturated heterocycles. The van der Waals surface area contributed by atoms with Gasteiger partial charge in [-0.15, -0.1) is 0 Å². The molecule has 1 aromatic carbocycles. The van der Waals surface area contributed by atoms with Crippen molar-refractivity contribution in [1.82, 2.24) is 15.4 Å². The molecule has 0 atom stereocenters. The highest BCUT2D eigenvalue weighted by Gasteiger charge is 2.27. The summed E-state index contributed by atoms with van der Waals surface area (Å²) in [6.45, 7) is 7.21. The van der Waals surface area contributed by atoms with Crippen LogP contribution in [-0.2, 0) is 21.3 Å². The Labute approximate surface area is 150 Å². The van der Waals surface area contributed by atoms with E-state index in [0.717, 1.165) is 24.9 Å². The second-order valence-electron chi connectivity index (χ2n) is 5.86. The second-order valence-corrected chi connectivity index (χ2v) is 7.57. The lowest BCUT2D eigenvalue weighted by Crippen LogP contribution is -2.39. The lowest BCUT2D eigenvalue weighted by Gasteiger charge is -2.11. The predicted molar refractivity (Wildman–Crippen MR) is 99.1 cm³/mol. The van der Waals surface area contributed by atoms with Crippen molar-refractivity contribution in [3.05, 3.63) is 29.8 Å². The zero-order valence-electron chi connectivity index (χ0n) is 14.9. The van der Waals surface area contributed by atoms with Gasteiger partial charge in [0, 0.05) is 25.7 Å². The molecule has 0 heterocycles. The van der Waals surface area contributed by atoms with Crippen LogP contribution in [0.5, 0.6) is 0 Å². The second kappa shape index (κ2) is 9.74. The maximum atomic E-state index is 12.1. The van der Waals surface area contributed by atoms with Crippen LogP contribution in [-0.4, -0.2) is 46.7 Å². The maximum Gasteiger partial charge on any atom is 0.240 e.